The topological polar surface area (TPSA) is 24.5 Å². The molecule has 0 aromatic heterocycles. The summed E-state index contributed by atoms with van der Waals surface area (Å²) in [5.41, 5.74) is 0. The Balaban J connectivity index is 1.40. The molecule has 3 nitrogen and oxygen atoms in total. The van der Waals surface area contributed by atoms with E-state index < -0.39 is 0 Å². The van der Waals surface area contributed by atoms with E-state index >= 15 is 0 Å². The highest BCUT2D eigenvalue weighted by atomic mass is 32.2. The minimum atomic E-state index is 0.782. The second kappa shape index (κ2) is 6.60. The molecule has 3 aliphatic rings. The SMILES string of the molecule is C1CC(N2CCC(N[C@H]3CCSC3)CC2)CCO1. The van der Waals surface area contributed by atoms with Crippen LogP contribution < -0.4 is 5.32 Å². The predicted octanol–water partition coefficient (Wildman–Crippen LogP) is 1.72. The molecular weight excluding hydrogens is 244 g/mol. The van der Waals surface area contributed by atoms with E-state index in [1.54, 1.807) is 0 Å². The Hall–Kier alpha value is 0.230. The molecule has 0 aliphatic carbocycles. The Morgan fingerprint density at radius 2 is 1.72 bits per heavy atom. The Bertz CT molecular complexity index is 244. The van der Waals surface area contributed by atoms with Gasteiger partial charge in [0.25, 0.3) is 0 Å². The van der Waals surface area contributed by atoms with E-state index in [0.29, 0.717) is 0 Å². The van der Waals surface area contributed by atoms with Crippen molar-refractivity contribution in [3.63, 3.8) is 0 Å². The molecule has 0 aromatic rings. The first-order valence-corrected chi connectivity index (χ1v) is 8.73. The molecule has 3 heterocycles. The summed E-state index contributed by atoms with van der Waals surface area (Å²) < 4.78 is 5.46. The second-order valence-corrected chi connectivity index (χ2v) is 7.03. The lowest BCUT2D eigenvalue weighted by atomic mass is 9.99. The molecule has 0 aromatic carbocycles. The summed E-state index contributed by atoms with van der Waals surface area (Å²) in [5, 5.41) is 3.87. The minimum Gasteiger partial charge on any atom is -0.381 e. The van der Waals surface area contributed by atoms with Crippen molar-refractivity contribution in [2.75, 3.05) is 37.8 Å². The molecule has 1 atom stereocenters. The zero-order valence-corrected chi connectivity index (χ0v) is 12.1. The molecule has 104 valence electrons. The van der Waals surface area contributed by atoms with Crippen LogP contribution in [-0.2, 0) is 4.74 Å². The fourth-order valence-electron chi connectivity index (χ4n) is 3.48. The maximum absolute atomic E-state index is 5.46. The van der Waals surface area contributed by atoms with Crippen LogP contribution in [0.2, 0.25) is 0 Å². The van der Waals surface area contributed by atoms with Crippen LogP contribution in [0.25, 0.3) is 0 Å². The van der Waals surface area contributed by atoms with Gasteiger partial charge in [0.05, 0.1) is 0 Å². The molecule has 4 heteroatoms. The van der Waals surface area contributed by atoms with Crippen LogP contribution in [0.1, 0.15) is 32.1 Å². The van der Waals surface area contributed by atoms with Gasteiger partial charge >= 0.3 is 0 Å². The molecule has 18 heavy (non-hydrogen) atoms. The molecule has 0 spiro atoms. The van der Waals surface area contributed by atoms with Crippen molar-refractivity contribution in [3.8, 4) is 0 Å². The van der Waals surface area contributed by atoms with Gasteiger partial charge in [-0.05, 0) is 50.9 Å². The summed E-state index contributed by atoms with van der Waals surface area (Å²) in [7, 11) is 0. The summed E-state index contributed by atoms with van der Waals surface area (Å²) in [4.78, 5) is 2.71. The molecule has 0 unspecified atom stereocenters. The van der Waals surface area contributed by atoms with Gasteiger partial charge in [0, 0.05) is 37.1 Å². The Morgan fingerprint density at radius 3 is 2.39 bits per heavy atom. The normalized spacial score (nSPS) is 33.0. The second-order valence-electron chi connectivity index (χ2n) is 5.88. The highest BCUT2D eigenvalue weighted by molar-refractivity contribution is 7.99. The average molecular weight is 270 g/mol. The number of nitrogens with zero attached hydrogens (tertiary/aromatic N) is 1. The third-order valence-electron chi connectivity index (χ3n) is 4.64. The number of piperidine rings is 1. The van der Waals surface area contributed by atoms with E-state index in [1.165, 1.54) is 56.7 Å². The van der Waals surface area contributed by atoms with Crippen molar-refractivity contribution >= 4 is 11.8 Å². The fourth-order valence-corrected chi connectivity index (χ4v) is 4.65. The molecule has 3 fully saturated rings. The van der Waals surface area contributed by atoms with Crippen molar-refractivity contribution in [2.24, 2.45) is 0 Å². The molecule has 0 amide bonds. The predicted molar refractivity (Wildman–Crippen MR) is 77.3 cm³/mol. The molecule has 0 bridgehead atoms. The third kappa shape index (κ3) is 3.41. The van der Waals surface area contributed by atoms with Gasteiger partial charge in [-0.1, -0.05) is 0 Å². The number of hydrogen-bond donors (Lipinski definition) is 1. The molecular formula is C14H26N2OS. The summed E-state index contributed by atoms with van der Waals surface area (Å²) in [6.07, 6.45) is 6.57. The summed E-state index contributed by atoms with van der Waals surface area (Å²) >= 11 is 2.11. The first kappa shape index (κ1) is 13.2. The molecule has 0 radical (unpaired) electrons. The molecule has 3 saturated heterocycles. The highest BCUT2D eigenvalue weighted by Crippen LogP contribution is 2.22. The van der Waals surface area contributed by atoms with Crippen molar-refractivity contribution in [1.29, 1.82) is 0 Å². The lowest BCUT2D eigenvalue weighted by Crippen LogP contribution is -2.50. The monoisotopic (exact) mass is 270 g/mol. The van der Waals surface area contributed by atoms with E-state index in [0.717, 1.165) is 31.3 Å². The quantitative estimate of drug-likeness (QED) is 0.844. The van der Waals surface area contributed by atoms with E-state index in [4.69, 9.17) is 4.74 Å². The van der Waals surface area contributed by atoms with E-state index in [1.807, 2.05) is 0 Å². The van der Waals surface area contributed by atoms with Gasteiger partial charge in [0.2, 0.25) is 0 Å². The Morgan fingerprint density at radius 1 is 0.944 bits per heavy atom. The van der Waals surface area contributed by atoms with Crippen molar-refractivity contribution < 1.29 is 4.74 Å². The van der Waals surface area contributed by atoms with Crippen molar-refractivity contribution in [3.05, 3.63) is 0 Å². The zero-order chi connectivity index (χ0) is 12.2. The van der Waals surface area contributed by atoms with Crippen LogP contribution in [0.3, 0.4) is 0 Å². The standard InChI is InChI=1S/C14H26N2OS/c1-6-16(14-3-8-17-9-4-14)7-2-12(1)15-13-5-10-18-11-13/h12-15H,1-11H2/t13-/m0/s1. The number of thioether (sulfide) groups is 1. The largest absolute Gasteiger partial charge is 0.381 e. The first-order chi connectivity index (χ1) is 8.92. The number of hydrogen-bond acceptors (Lipinski definition) is 4. The number of nitrogens with one attached hydrogen (secondary N) is 1. The number of likely N-dealkylation sites (tertiary alicyclic amines) is 1. The van der Waals surface area contributed by atoms with Crippen LogP contribution in [0.4, 0.5) is 0 Å². The van der Waals surface area contributed by atoms with Gasteiger partial charge in [-0.25, -0.2) is 0 Å². The van der Waals surface area contributed by atoms with Gasteiger partial charge in [-0.2, -0.15) is 11.8 Å². The average Bonchev–Trinajstić information content (AvgIpc) is 2.94. The van der Waals surface area contributed by atoms with Crippen LogP contribution in [-0.4, -0.2) is 60.8 Å². The summed E-state index contributed by atoms with van der Waals surface area (Å²) in [5.74, 6) is 2.69. The van der Waals surface area contributed by atoms with Gasteiger partial charge in [0.15, 0.2) is 0 Å². The van der Waals surface area contributed by atoms with Crippen molar-refractivity contribution in [2.45, 2.75) is 50.2 Å². The molecule has 3 aliphatic heterocycles. The maximum atomic E-state index is 5.46. The molecule has 0 saturated carbocycles. The van der Waals surface area contributed by atoms with Gasteiger partial charge in [-0.15, -0.1) is 0 Å². The lowest BCUT2D eigenvalue weighted by Gasteiger charge is -2.40. The smallest absolute Gasteiger partial charge is 0.0480 e. The summed E-state index contributed by atoms with van der Waals surface area (Å²) in [6, 6.07) is 2.39. The highest BCUT2D eigenvalue weighted by Gasteiger charge is 2.27. The Kier molecular flexibility index (Phi) is 4.85. The molecule has 1 N–H and O–H groups in total. The van der Waals surface area contributed by atoms with Crippen LogP contribution in [0.5, 0.6) is 0 Å². The van der Waals surface area contributed by atoms with Crippen LogP contribution in [0, 0.1) is 0 Å². The zero-order valence-electron chi connectivity index (χ0n) is 11.3. The molecule has 3 rings (SSSR count). The van der Waals surface area contributed by atoms with Crippen molar-refractivity contribution in [1.82, 2.24) is 10.2 Å². The van der Waals surface area contributed by atoms with E-state index in [2.05, 4.69) is 22.0 Å². The van der Waals surface area contributed by atoms with E-state index in [-0.39, 0.29) is 0 Å². The van der Waals surface area contributed by atoms with Crippen LogP contribution in [0.15, 0.2) is 0 Å². The third-order valence-corrected chi connectivity index (χ3v) is 5.80. The first-order valence-electron chi connectivity index (χ1n) is 7.57. The summed E-state index contributed by atoms with van der Waals surface area (Å²) in [6.45, 7) is 4.54. The van der Waals surface area contributed by atoms with Gasteiger partial charge in [0.1, 0.15) is 0 Å². The van der Waals surface area contributed by atoms with Crippen LogP contribution >= 0.6 is 11.8 Å². The Labute approximate surface area is 115 Å². The number of ether oxygens (including phenoxy) is 1. The fraction of sp³-hybridized carbons (Fsp3) is 1.00. The lowest BCUT2D eigenvalue weighted by molar-refractivity contribution is 0.0234. The van der Waals surface area contributed by atoms with Gasteiger partial charge in [-0.3, -0.25) is 0 Å². The maximum Gasteiger partial charge on any atom is 0.0480 e. The number of rotatable bonds is 3. The van der Waals surface area contributed by atoms with E-state index in [9.17, 15) is 0 Å². The minimum absolute atomic E-state index is 0.782. The van der Waals surface area contributed by atoms with Gasteiger partial charge < -0.3 is 15.0 Å².